The quantitative estimate of drug-likeness (QED) is 0.415. The first-order valence-corrected chi connectivity index (χ1v) is 10.4. The summed E-state index contributed by atoms with van der Waals surface area (Å²) in [7, 11) is 0. The van der Waals surface area contributed by atoms with Crippen LogP contribution in [0.4, 0.5) is 11.8 Å². The Morgan fingerprint density at radius 1 is 1.00 bits per heavy atom. The summed E-state index contributed by atoms with van der Waals surface area (Å²) in [4.78, 5) is 29.8. The number of amides is 1. The van der Waals surface area contributed by atoms with Crippen LogP contribution in [0.3, 0.4) is 0 Å². The number of para-hydroxylation sites is 1. The number of aromatic amines is 1. The first-order valence-electron chi connectivity index (χ1n) is 10.4. The van der Waals surface area contributed by atoms with E-state index in [1.165, 1.54) is 0 Å². The molecule has 0 fully saturated rings. The van der Waals surface area contributed by atoms with Crippen molar-refractivity contribution in [3.05, 3.63) is 76.7 Å². The second-order valence-electron chi connectivity index (χ2n) is 7.87. The Labute approximate surface area is 181 Å². The third-order valence-electron chi connectivity index (χ3n) is 5.12. The molecule has 3 N–H and O–H groups in total. The Hall–Kier alpha value is -3.74. The van der Waals surface area contributed by atoms with E-state index in [1.807, 2.05) is 44.2 Å². The lowest BCUT2D eigenvalue weighted by Crippen LogP contribution is -2.17. The summed E-state index contributed by atoms with van der Waals surface area (Å²) < 4.78 is 0. The van der Waals surface area contributed by atoms with Gasteiger partial charge >= 0.3 is 0 Å². The number of anilines is 2. The van der Waals surface area contributed by atoms with Crippen LogP contribution in [0.5, 0.6) is 0 Å². The molecule has 0 radical (unpaired) electrons. The fraction of sp³-hybridized carbons (Fsp3) is 0.250. The average Bonchev–Trinajstić information content (AvgIpc) is 3.12. The van der Waals surface area contributed by atoms with Gasteiger partial charge in [0.1, 0.15) is 17.2 Å². The lowest BCUT2D eigenvalue weighted by molar-refractivity contribution is 0.102. The molecule has 2 aromatic heterocycles. The van der Waals surface area contributed by atoms with Crippen LogP contribution in [0.25, 0.3) is 11.0 Å². The highest BCUT2D eigenvalue weighted by Gasteiger charge is 2.18. The number of hydrogen-bond donors (Lipinski definition) is 3. The lowest BCUT2D eigenvalue weighted by Gasteiger charge is -2.17. The molecule has 0 aliphatic rings. The van der Waals surface area contributed by atoms with E-state index in [9.17, 15) is 4.79 Å². The molecule has 7 heteroatoms. The van der Waals surface area contributed by atoms with E-state index in [2.05, 4.69) is 56.5 Å². The number of H-pyrrole nitrogens is 1. The predicted molar refractivity (Wildman–Crippen MR) is 123 cm³/mol. The van der Waals surface area contributed by atoms with Gasteiger partial charge in [-0.05, 0) is 37.5 Å². The minimum absolute atomic E-state index is 0.240. The molecule has 158 valence electrons. The molecule has 0 atom stereocenters. The number of nitrogens with zero attached hydrogens (tertiary/aromatic N) is 3. The zero-order chi connectivity index (χ0) is 22.0. The Balaban J connectivity index is 1.63. The third kappa shape index (κ3) is 4.40. The zero-order valence-corrected chi connectivity index (χ0v) is 18.2. The van der Waals surface area contributed by atoms with E-state index < -0.39 is 0 Å². The van der Waals surface area contributed by atoms with Crippen LogP contribution < -0.4 is 10.6 Å². The van der Waals surface area contributed by atoms with Gasteiger partial charge < -0.3 is 10.3 Å². The van der Waals surface area contributed by atoms with Crippen molar-refractivity contribution in [2.45, 2.75) is 40.2 Å². The zero-order valence-electron chi connectivity index (χ0n) is 18.2. The average molecular weight is 415 g/mol. The molecule has 4 rings (SSSR count). The first-order chi connectivity index (χ1) is 14.9. The van der Waals surface area contributed by atoms with Crippen LogP contribution in [0.2, 0.25) is 0 Å². The van der Waals surface area contributed by atoms with Gasteiger partial charge in [0.05, 0.1) is 11.1 Å². The summed E-state index contributed by atoms with van der Waals surface area (Å²) in [6, 6.07) is 15.6. The van der Waals surface area contributed by atoms with E-state index in [0.29, 0.717) is 17.6 Å². The molecule has 0 saturated carbocycles. The third-order valence-corrected chi connectivity index (χ3v) is 5.12. The van der Waals surface area contributed by atoms with Gasteiger partial charge in [-0.15, -0.1) is 0 Å². The van der Waals surface area contributed by atoms with E-state index >= 15 is 0 Å². The maximum absolute atomic E-state index is 13.0. The number of nitrogens with one attached hydrogen (secondary N) is 3. The summed E-state index contributed by atoms with van der Waals surface area (Å²) in [5.74, 6) is 1.71. The van der Waals surface area contributed by atoms with E-state index in [4.69, 9.17) is 0 Å². The van der Waals surface area contributed by atoms with Gasteiger partial charge in [-0.2, -0.15) is 4.98 Å². The highest BCUT2D eigenvalue weighted by Crippen LogP contribution is 2.27. The van der Waals surface area contributed by atoms with E-state index in [-0.39, 0.29) is 17.8 Å². The van der Waals surface area contributed by atoms with Gasteiger partial charge in [0, 0.05) is 17.8 Å². The molecule has 0 spiro atoms. The molecule has 2 heterocycles. The number of carbonyl (C=O) groups is 1. The monoisotopic (exact) mass is 414 g/mol. The van der Waals surface area contributed by atoms with Crippen molar-refractivity contribution < 1.29 is 4.79 Å². The number of aryl methyl sites for hydroxylation is 2. The summed E-state index contributed by atoms with van der Waals surface area (Å²) >= 11 is 0. The Kier molecular flexibility index (Phi) is 5.66. The minimum Gasteiger partial charge on any atom is -0.366 e. The van der Waals surface area contributed by atoms with Crippen molar-refractivity contribution in [1.29, 1.82) is 0 Å². The minimum atomic E-state index is -0.289. The Bertz CT molecular complexity index is 1230. The van der Waals surface area contributed by atoms with Crippen molar-refractivity contribution in [2.24, 2.45) is 0 Å². The van der Waals surface area contributed by atoms with Crippen LogP contribution in [-0.2, 0) is 6.54 Å². The van der Waals surface area contributed by atoms with Crippen molar-refractivity contribution in [3.8, 4) is 0 Å². The molecule has 31 heavy (non-hydrogen) atoms. The first kappa shape index (κ1) is 20.5. The molecule has 7 nitrogen and oxygen atoms in total. The molecule has 2 aromatic carbocycles. The van der Waals surface area contributed by atoms with Crippen molar-refractivity contribution in [1.82, 2.24) is 19.9 Å². The van der Waals surface area contributed by atoms with Crippen LogP contribution in [0.15, 0.2) is 48.5 Å². The van der Waals surface area contributed by atoms with E-state index in [0.717, 1.165) is 34.0 Å². The summed E-state index contributed by atoms with van der Waals surface area (Å²) in [5.41, 5.74) is 4.97. The SMILES string of the molecule is Cc1nc2c(C(=O)Nc3nc(C)c(C(C)C)c(NCc4ccccc4)n3)cccc2[nH]1. The van der Waals surface area contributed by atoms with Gasteiger partial charge in [0.15, 0.2) is 0 Å². The normalized spacial score (nSPS) is 11.1. The molecule has 0 bridgehead atoms. The van der Waals surface area contributed by atoms with Crippen molar-refractivity contribution in [2.75, 3.05) is 10.6 Å². The van der Waals surface area contributed by atoms with Crippen LogP contribution in [0.1, 0.15) is 52.8 Å². The Morgan fingerprint density at radius 3 is 2.52 bits per heavy atom. The maximum atomic E-state index is 13.0. The van der Waals surface area contributed by atoms with Crippen LogP contribution in [-0.4, -0.2) is 25.8 Å². The predicted octanol–water partition coefficient (Wildman–Crippen LogP) is 4.96. The number of carbonyl (C=O) groups excluding carboxylic acids is 1. The Morgan fingerprint density at radius 2 is 1.77 bits per heavy atom. The number of hydrogen-bond acceptors (Lipinski definition) is 5. The molecule has 0 aliphatic carbocycles. The molecular formula is C24H26N6O. The van der Waals surface area contributed by atoms with Crippen molar-refractivity contribution in [3.63, 3.8) is 0 Å². The van der Waals surface area contributed by atoms with Crippen molar-refractivity contribution >= 4 is 28.7 Å². The second kappa shape index (κ2) is 8.55. The van der Waals surface area contributed by atoms with Gasteiger partial charge in [-0.1, -0.05) is 50.2 Å². The highest BCUT2D eigenvalue weighted by atomic mass is 16.1. The topological polar surface area (TPSA) is 95.6 Å². The van der Waals surface area contributed by atoms with E-state index in [1.54, 1.807) is 6.07 Å². The summed E-state index contributed by atoms with van der Waals surface area (Å²) in [6.07, 6.45) is 0. The highest BCUT2D eigenvalue weighted by molar-refractivity contribution is 6.11. The largest absolute Gasteiger partial charge is 0.366 e. The summed E-state index contributed by atoms with van der Waals surface area (Å²) in [5, 5.41) is 6.27. The van der Waals surface area contributed by atoms with Crippen LogP contribution >= 0.6 is 0 Å². The molecule has 0 aliphatic heterocycles. The smallest absolute Gasteiger partial charge is 0.260 e. The van der Waals surface area contributed by atoms with Crippen LogP contribution in [0, 0.1) is 13.8 Å². The molecule has 1 amide bonds. The maximum Gasteiger partial charge on any atom is 0.260 e. The fourth-order valence-corrected chi connectivity index (χ4v) is 3.75. The molecular weight excluding hydrogens is 388 g/mol. The standard InChI is InChI=1S/C24H26N6O/c1-14(2)20-15(3)26-24(29-22(20)25-13-17-9-6-5-7-10-17)30-23(31)18-11-8-12-19-21(18)28-16(4)27-19/h5-12,14H,13H2,1-4H3,(H,27,28)(H2,25,26,29,30,31). The number of imidazole rings is 1. The molecule has 0 saturated heterocycles. The van der Waals surface area contributed by atoms with Gasteiger partial charge in [-0.3, -0.25) is 10.1 Å². The molecule has 0 unspecified atom stereocenters. The lowest BCUT2D eigenvalue weighted by atomic mass is 10.0. The number of rotatable bonds is 6. The fourth-order valence-electron chi connectivity index (χ4n) is 3.75. The molecule has 4 aromatic rings. The number of benzene rings is 2. The summed E-state index contributed by atoms with van der Waals surface area (Å²) in [6.45, 7) is 8.66. The number of fused-ring (bicyclic) bond motifs is 1. The van der Waals surface area contributed by atoms with Gasteiger partial charge in [0.25, 0.3) is 5.91 Å². The second-order valence-corrected chi connectivity index (χ2v) is 7.87. The number of aromatic nitrogens is 4. The van der Waals surface area contributed by atoms with Gasteiger partial charge in [-0.25, -0.2) is 9.97 Å². The van der Waals surface area contributed by atoms with Gasteiger partial charge in [0.2, 0.25) is 5.95 Å².